The first-order valence-electron chi connectivity index (χ1n) is 8.35. The lowest BCUT2D eigenvalue weighted by Crippen LogP contribution is -2.49. The van der Waals surface area contributed by atoms with E-state index in [2.05, 4.69) is 5.10 Å². The van der Waals surface area contributed by atoms with E-state index in [1.807, 2.05) is 6.92 Å². The van der Waals surface area contributed by atoms with Crippen molar-refractivity contribution in [3.05, 3.63) is 17.5 Å². The summed E-state index contributed by atoms with van der Waals surface area (Å²) in [4.78, 5) is 16.0. The summed E-state index contributed by atoms with van der Waals surface area (Å²) in [6.07, 6.45) is 1.00. The van der Waals surface area contributed by atoms with Crippen LogP contribution >= 0.6 is 0 Å². The fourth-order valence-electron chi connectivity index (χ4n) is 3.75. The SMILES string of the molecule is Cc1cc(C(=O)N2CCC(N3CC(F)(F)C[C@H]3CO)CC2)nn1C. The van der Waals surface area contributed by atoms with E-state index in [0.29, 0.717) is 31.6 Å². The number of nitrogens with zero attached hydrogens (tertiary/aromatic N) is 4. The summed E-state index contributed by atoms with van der Waals surface area (Å²) in [7, 11) is 1.79. The molecule has 1 atom stereocenters. The van der Waals surface area contributed by atoms with Gasteiger partial charge in [0.05, 0.1) is 13.2 Å². The number of amides is 1. The van der Waals surface area contributed by atoms with Gasteiger partial charge in [-0.2, -0.15) is 5.10 Å². The van der Waals surface area contributed by atoms with Crippen LogP contribution in [0.1, 0.15) is 35.4 Å². The molecule has 1 amide bonds. The quantitative estimate of drug-likeness (QED) is 0.891. The number of carbonyl (C=O) groups is 1. The van der Waals surface area contributed by atoms with Gasteiger partial charge >= 0.3 is 0 Å². The molecule has 2 aliphatic rings. The van der Waals surface area contributed by atoms with Crippen LogP contribution in [0.3, 0.4) is 0 Å². The summed E-state index contributed by atoms with van der Waals surface area (Å²) in [6.45, 7) is 2.40. The normalized spacial score (nSPS) is 25.4. The molecule has 8 heteroatoms. The first-order valence-corrected chi connectivity index (χ1v) is 8.35. The van der Waals surface area contributed by atoms with E-state index in [-0.39, 0.29) is 31.5 Å². The van der Waals surface area contributed by atoms with Gasteiger partial charge in [0.15, 0.2) is 5.69 Å². The molecule has 1 aromatic rings. The molecule has 1 N–H and O–H groups in total. The lowest BCUT2D eigenvalue weighted by Gasteiger charge is -2.38. The molecule has 0 aliphatic carbocycles. The molecule has 3 heterocycles. The number of halogens is 2. The molecule has 0 bridgehead atoms. The second-order valence-electron chi connectivity index (χ2n) is 6.89. The lowest BCUT2D eigenvalue weighted by molar-refractivity contribution is 0.00294. The first-order chi connectivity index (χ1) is 11.3. The monoisotopic (exact) mass is 342 g/mol. The zero-order chi connectivity index (χ0) is 17.5. The predicted molar refractivity (Wildman–Crippen MR) is 84.0 cm³/mol. The molecule has 6 nitrogen and oxygen atoms in total. The Hall–Kier alpha value is -1.54. The van der Waals surface area contributed by atoms with Gasteiger partial charge in [0, 0.05) is 44.3 Å². The Balaban J connectivity index is 1.60. The lowest BCUT2D eigenvalue weighted by atomic mass is 10.0. The predicted octanol–water partition coefficient (Wildman–Crippen LogP) is 1.04. The summed E-state index contributed by atoms with van der Waals surface area (Å²) in [6, 6.07) is 1.27. The Morgan fingerprint density at radius 3 is 2.62 bits per heavy atom. The maximum absolute atomic E-state index is 13.6. The van der Waals surface area contributed by atoms with E-state index >= 15 is 0 Å². The van der Waals surface area contributed by atoms with E-state index < -0.39 is 12.0 Å². The van der Waals surface area contributed by atoms with E-state index in [0.717, 1.165) is 5.69 Å². The Morgan fingerprint density at radius 1 is 1.42 bits per heavy atom. The highest BCUT2D eigenvalue weighted by molar-refractivity contribution is 5.92. The van der Waals surface area contributed by atoms with Crippen LogP contribution in [0, 0.1) is 6.92 Å². The van der Waals surface area contributed by atoms with E-state index in [1.165, 1.54) is 0 Å². The molecule has 2 aliphatic heterocycles. The number of likely N-dealkylation sites (tertiary alicyclic amines) is 2. The third-order valence-electron chi connectivity index (χ3n) is 5.18. The number of hydrogen-bond acceptors (Lipinski definition) is 4. The Morgan fingerprint density at radius 2 is 2.08 bits per heavy atom. The van der Waals surface area contributed by atoms with Gasteiger partial charge in [-0.05, 0) is 25.8 Å². The number of aliphatic hydroxyl groups is 1. The highest BCUT2D eigenvalue weighted by atomic mass is 19.3. The molecule has 2 saturated heterocycles. The summed E-state index contributed by atoms with van der Waals surface area (Å²) in [5, 5.41) is 13.6. The fourth-order valence-corrected chi connectivity index (χ4v) is 3.75. The van der Waals surface area contributed by atoms with Crippen LogP contribution in [-0.2, 0) is 7.05 Å². The number of aryl methyl sites for hydroxylation is 2. The summed E-state index contributed by atoms with van der Waals surface area (Å²) < 4.78 is 28.9. The van der Waals surface area contributed by atoms with E-state index in [4.69, 9.17) is 0 Å². The van der Waals surface area contributed by atoms with Crippen LogP contribution in [0.5, 0.6) is 0 Å². The smallest absolute Gasteiger partial charge is 0.274 e. The molecule has 24 heavy (non-hydrogen) atoms. The van der Waals surface area contributed by atoms with Crippen molar-refractivity contribution in [1.82, 2.24) is 19.6 Å². The van der Waals surface area contributed by atoms with Crippen molar-refractivity contribution in [2.24, 2.45) is 7.05 Å². The third kappa shape index (κ3) is 3.30. The molecular formula is C16H24F2N4O2. The highest BCUT2D eigenvalue weighted by Gasteiger charge is 2.47. The zero-order valence-electron chi connectivity index (χ0n) is 14.1. The molecule has 1 aromatic heterocycles. The Kier molecular flexibility index (Phi) is 4.61. The van der Waals surface area contributed by atoms with Crippen molar-refractivity contribution in [1.29, 1.82) is 0 Å². The van der Waals surface area contributed by atoms with Crippen LogP contribution in [-0.4, -0.2) is 74.8 Å². The number of hydrogen-bond donors (Lipinski definition) is 1. The molecule has 0 saturated carbocycles. The largest absolute Gasteiger partial charge is 0.395 e. The number of piperidine rings is 1. The topological polar surface area (TPSA) is 61.6 Å². The molecular weight excluding hydrogens is 318 g/mol. The van der Waals surface area contributed by atoms with Gasteiger partial charge in [-0.25, -0.2) is 8.78 Å². The minimum Gasteiger partial charge on any atom is -0.395 e. The van der Waals surface area contributed by atoms with Crippen LogP contribution in [0.4, 0.5) is 8.78 Å². The minimum atomic E-state index is -2.73. The van der Waals surface area contributed by atoms with Crippen LogP contribution < -0.4 is 0 Å². The Bertz CT molecular complexity index is 592. The molecule has 0 unspecified atom stereocenters. The minimum absolute atomic E-state index is 0.00922. The summed E-state index contributed by atoms with van der Waals surface area (Å²) in [5.74, 6) is -2.84. The molecule has 0 spiro atoms. The second-order valence-corrected chi connectivity index (χ2v) is 6.89. The van der Waals surface area contributed by atoms with E-state index in [9.17, 15) is 18.7 Å². The summed E-state index contributed by atoms with van der Waals surface area (Å²) in [5.41, 5.74) is 1.34. The molecule has 3 rings (SSSR count). The first kappa shape index (κ1) is 17.3. The van der Waals surface area contributed by atoms with Crippen molar-refractivity contribution in [3.63, 3.8) is 0 Å². The molecule has 0 radical (unpaired) electrons. The van der Waals surface area contributed by atoms with Crippen LogP contribution in [0.2, 0.25) is 0 Å². The number of carbonyl (C=O) groups excluding carboxylic acids is 1. The maximum atomic E-state index is 13.6. The second kappa shape index (κ2) is 6.40. The fraction of sp³-hybridized carbons (Fsp3) is 0.750. The van der Waals surface area contributed by atoms with E-state index in [1.54, 1.807) is 27.6 Å². The van der Waals surface area contributed by atoms with Gasteiger partial charge in [0.25, 0.3) is 11.8 Å². The van der Waals surface area contributed by atoms with Crippen molar-refractivity contribution in [2.45, 2.75) is 44.2 Å². The van der Waals surface area contributed by atoms with Gasteiger partial charge in [-0.15, -0.1) is 0 Å². The van der Waals surface area contributed by atoms with Gasteiger partial charge in [0.1, 0.15) is 0 Å². The number of alkyl halides is 2. The average Bonchev–Trinajstić information content (AvgIpc) is 3.06. The molecule has 0 aromatic carbocycles. The van der Waals surface area contributed by atoms with Crippen LogP contribution in [0.25, 0.3) is 0 Å². The third-order valence-corrected chi connectivity index (χ3v) is 5.18. The van der Waals surface area contributed by atoms with Crippen molar-refractivity contribution >= 4 is 5.91 Å². The average molecular weight is 342 g/mol. The van der Waals surface area contributed by atoms with Crippen molar-refractivity contribution < 1.29 is 18.7 Å². The van der Waals surface area contributed by atoms with Crippen molar-refractivity contribution in [2.75, 3.05) is 26.2 Å². The van der Waals surface area contributed by atoms with Crippen molar-refractivity contribution in [3.8, 4) is 0 Å². The Labute approximate surface area is 140 Å². The number of rotatable bonds is 3. The standard InChI is InChI=1S/C16H24F2N4O2/c1-11-7-14(19-20(11)2)15(24)21-5-3-12(4-6-21)22-10-16(17,18)8-13(22)9-23/h7,12-13,23H,3-6,8-10H2,1-2H3/t13-/m0/s1. The molecule has 2 fully saturated rings. The number of aromatic nitrogens is 2. The summed E-state index contributed by atoms with van der Waals surface area (Å²) >= 11 is 0. The zero-order valence-corrected chi connectivity index (χ0v) is 14.1. The van der Waals surface area contributed by atoms with Gasteiger partial charge < -0.3 is 10.0 Å². The molecule has 134 valence electrons. The maximum Gasteiger partial charge on any atom is 0.274 e. The highest BCUT2D eigenvalue weighted by Crippen LogP contribution is 2.35. The van der Waals surface area contributed by atoms with Crippen LogP contribution in [0.15, 0.2) is 6.07 Å². The van der Waals surface area contributed by atoms with Gasteiger partial charge in [0.2, 0.25) is 0 Å². The number of aliphatic hydroxyl groups excluding tert-OH is 1. The van der Waals surface area contributed by atoms with Gasteiger partial charge in [-0.3, -0.25) is 14.4 Å². The van der Waals surface area contributed by atoms with Gasteiger partial charge in [-0.1, -0.05) is 0 Å².